The predicted molar refractivity (Wildman–Crippen MR) is 108 cm³/mol. The number of aromatic nitrogens is 1. The van der Waals surface area contributed by atoms with Gasteiger partial charge in [0.25, 0.3) is 0 Å². The number of aryl methyl sites for hydroxylation is 1. The molecule has 0 bridgehead atoms. The molecule has 1 aliphatic rings. The monoisotopic (exact) mass is 444 g/mol. The van der Waals surface area contributed by atoms with Gasteiger partial charge in [-0.1, -0.05) is 0 Å². The number of benzene rings is 2. The van der Waals surface area contributed by atoms with Crippen LogP contribution in [0.25, 0.3) is 10.9 Å². The quantitative estimate of drug-likeness (QED) is 0.555. The summed E-state index contributed by atoms with van der Waals surface area (Å²) in [6.07, 6.45) is -3.05. The van der Waals surface area contributed by atoms with E-state index >= 15 is 0 Å². The van der Waals surface area contributed by atoms with Crippen molar-refractivity contribution in [3.05, 3.63) is 59.3 Å². The predicted octanol–water partition coefficient (Wildman–Crippen LogP) is 5.34. The third-order valence-electron chi connectivity index (χ3n) is 5.41. The molecule has 0 aliphatic carbocycles. The van der Waals surface area contributed by atoms with Gasteiger partial charge < -0.3 is 19.1 Å². The third kappa shape index (κ3) is 4.80. The highest BCUT2D eigenvalue weighted by atomic mass is 19.4. The molecule has 0 unspecified atom stereocenters. The Morgan fingerprint density at radius 3 is 2.72 bits per heavy atom. The van der Waals surface area contributed by atoms with Gasteiger partial charge in [0, 0.05) is 29.1 Å². The van der Waals surface area contributed by atoms with E-state index < -0.39 is 18.1 Å². The Morgan fingerprint density at radius 2 is 2.00 bits per heavy atom. The average Bonchev–Trinajstić information content (AvgIpc) is 3.09. The lowest BCUT2D eigenvalue weighted by Gasteiger charge is -2.24. The minimum atomic E-state index is -4.86. The molecule has 0 fully saturated rings. The fourth-order valence-electron chi connectivity index (χ4n) is 4.18. The number of ether oxygens (including phenoxy) is 2. The van der Waals surface area contributed by atoms with Crippen molar-refractivity contribution in [1.82, 2.24) is 4.57 Å². The number of rotatable bonds is 6. The van der Waals surface area contributed by atoms with Gasteiger partial charge in [0.1, 0.15) is 18.1 Å². The number of nitriles is 1. The fraction of sp³-hybridized carbons (Fsp3) is 0.304. The molecule has 0 radical (unpaired) electrons. The van der Waals surface area contributed by atoms with Crippen molar-refractivity contribution in [3.63, 3.8) is 0 Å². The molecule has 166 valence electrons. The van der Waals surface area contributed by atoms with Gasteiger partial charge in [-0.3, -0.25) is 4.79 Å². The van der Waals surface area contributed by atoms with Crippen LogP contribution in [0.4, 0.5) is 13.2 Å². The number of nitrogens with zero attached hydrogens (tertiary/aromatic N) is 2. The third-order valence-corrected chi connectivity index (χ3v) is 5.41. The van der Waals surface area contributed by atoms with Crippen LogP contribution in [0, 0.1) is 11.3 Å². The largest absolute Gasteiger partial charge is 0.573 e. The zero-order chi connectivity index (χ0) is 22.9. The zero-order valence-electron chi connectivity index (χ0n) is 16.9. The Kier molecular flexibility index (Phi) is 5.70. The summed E-state index contributed by atoms with van der Waals surface area (Å²) in [6, 6.07) is 12.9. The topological polar surface area (TPSA) is 84.5 Å². The first-order chi connectivity index (χ1) is 15.2. The van der Waals surface area contributed by atoms with Crippen LogP contribution in [-0.4, -0.2) is 22.0 Å². The van der Waals surface area contributed by atoms with E-state index in [2.05, 4.69) is 9.30 Å². The summed E-state index contributed by atoms with van der Waals surface area (Å²) in [5, 5.41) is 19.2. The molecule has 3 aromatic rings. The van der Waals surface area contributed by atoms with E-state index in [0.29, 0.717) is 11.3 Å². The molecule has 0 amide bonds. The number of carboxylic acid groups (broad SMARTS) is 1. The van der Waals surface area contributed by atoms with E-state index in [1.165, 1.54) is 12.1 Å². The number of aliphatic carboxylic acids is 1. The summed E-state index contributed by atoms with van der Waals surface area (Å²) in [6.45, 7) is 0.766. The van der Waals surface area contributed by atoms with Crippen LogP contribution in [0.3, 0.4) is 0 Å². The maximum Gasteiger partial charge on any atom is 0.573 e. The summed E-state index contributed by atoms with van der Waals surface area (Å²) in [5.74, 6) is -0.837. The highest BCUT2D eigenvalue weighted by molar-refractivity contribution is 5.83. The van der Waals surface area contributed by atoms with Gasteiger partial charge in [-0.05, 0) is 60.9 Å². The number of carboxylic acids is 1. The van der Waals surface area contributed by atoms with Crippen molar-refractivity contribution in [3.8, 4) is 17.6 Å². The maximum absolute atomic E-state index is 12.5. The van der Waals surface area contributed by atoms with Crippen LogP contribution in [0.15, 0.2) is 42.5 Å². The van der Waals surface area contributed by atoms with E-state index in [-0.39, 0.29) is 24.5 Å². The minimum absolute atomic E-state index is 0.0328. The van der Waals surface area contributed by atoms with Crippen molar-refractivity contribution in [2.75, 3.05) is 0 Å². The highest BCUT2D eigenvalue weighted by Crippen LogP contribution is 2.36. The number of halogens is 3. The molecule has 2 aromatic carbocycles. The molecule has 0 spiro atoms. The molecule has 1 N–H and O–H groups in total. The molecule has 0 saturated carbocycles. The Morgan fingerprint density at radius 1 is 1.19 bits per heavy atom. The van der Waals surface area contributed by atoms with Gasteiger partial charge in [-0.2, -0.15) is 5.26 Å². The first-order valence-corrected chi connectivity index (χ1v) is 9.99. The Hall–Kier alpha value is -3.67. The number of hydrogen-bond acceptors (Lipinski definition) is 4. The van der Waals surface area contributed by atoms with Gasteiger partial charge in [0.15, 0.2) is 0 Å². The van der Waals surface area contributed by atoms with Crippen molar-refractivity contribution in [1.29, 1.82) is 5.26 Å². The SMILES string of the molecule is N#Cc1cc(COc2ccc3c(c2)cc2n3CCC[C@H]2CC(=O)O)cc(OC(F)(F)F)c1. The van der Waals surface area contributed by atoms with Crippen LogP contribution in [0.1, 0.15) is 42.0 Å². The first kappa shape index (κ1) is 21.6. The van der Waals surface area contributed by atoms with Crippen molar-refractivity contribution < 1.29 is 32.5 Å². The molecule has 2 heterocycles. The molecule has 9 heteroatoms. The summed E-state index contributed by atoms with van der Waals surface area (Å²) in [4.78, 5) is 11.2. The molecule has 6 nitrogen and oxygen atoms in total. The Bertz CT molecular complexity index is 1210. The lowest BCUT2D eigenvalue weighted by Crippen LogP contribution is -2.17. The maximum atomic E-state index is 12.5. The molecule has 4 rings (SSSR count). The van der Waals surface area contributed by atoms with E-state index in [0.717, 1.165) is 42.0 Å². The molecule has 1 aliphatic heterocycles. The van der Waals surface area contributed by atoms with E-state index in [9.17, 15) is 23.1 Å². The van der Waals surface area contributed by atoms with E-state index in [4.69, 9.17) is 10.00 Å². The summed E-state index contributed by atoms with van der Waals surface area (Å²) in [7, 11) is 0. The Labute approximate surface area is 181 Å². The van der Waals surface area contributed by atoms with Gasteiger partial charge in [-0.15, -0.1) is 13.2 Å². The van der Waals surface area contributed by atoms with Crippen LogP contribution in [-0.2, 0) is 17.9 Å². The second-order valence-corrected chi connectivity index (χ2v) is 7.69. The summed E-state index contributed by atoms with van der Waals surface area (Å²) >= 11 is 0. The normalized spacial score (nSPS) is 15.8. The molecule has 0 saturated heterocycles. The van der Waals surface area contributed by atoms with Crippen molar-refractivity contribution in [2.24, 2.45) is 0 Å². The molecule has 1 aromatic heterocycles. The smallest absolute Gasteiger partial charge is 0.489 e. The highest BCUT2D eigenvalue weighted by Gasteiger charge is 2.31. The van der Waals surface area contributed by atoms with Crippen molar-refractivity contribution >= 4 is 16.9 Å². The minimum Gasteiger partial charge on any atom is -0.489 e. The molecule has 32 heavy (non-hydrogen) atoms. The number of carbonyl (C=O) groups is 1. The summed E-state index contributed by atoms with van der Waals surface area (Å²) < 4.78 is 49.4. The van der Waals surface area contributed by atoms with E-state index in [1.807, 2.05) is 24.3 Å². The zero-order valence-corrected chi connectivity index (χ0v) is 16.9. The number of alkyl halides is 3. The first-order valence-electron chi connectivity index (χ1n) is 9.99. The summed E-state index contributed by atoms with van der Waals surface area (Å²) in [5.41, 5.74) is 2.36. The molecular formula is C23H19F3N2O4. The second kappa shape index (κ2) is 8.46. The molecule has 1 atom stereocenters. The standard InChI is InChI=1S/C23H19F3N2O4/c24-23(25,26)32-19-7-14(12-27)6-15(8-19)13-31-18-3-4-20-17(9-18)10-21-16(11-22(29)30)2-1-5-28(20)21/h3-4,6-10,16H,1-2,5,11,13H2,(H,29,30)/t16-/m0/s1. The van der Waals surface area contributed by atoms with Crippen LogP contribution >= 0.6 is 0 Å². The Balaban J connectivity index is 1.55. The average molecular weight is 444 g/mol. The second-order valence-electron chi connectivity index (χ2n) is 7.69. The van der Waals surface area contributed by atoms with Crippen molar-refractivity contribution in [2.45, 2.75) is 44.7 Å². The lowest BCUT2D eigenvalue weighted by atomic mass is 9.93. The fourth-order valence-corrected chi connectivity index (χ4v) is 4.18. The van der Waals surface area contributed by atoms with Crippen LogP contribution in [0.2, 0.25) is 0 Å². The van der Waals surface area contributed by atoms with Gasteiger partial charge >= 0.3 is 12.3 Å². The number of hydrogen-bond donors (Lipinski definition) is 1. The van der Waals surface area contributed by atoms with E-state index in [1.54, 1.807) is 6.07 Å². The number of fused-ring (bicyclic) bond motifs is 3. The van der Waals surface area contributed by atoms with Gasteiger partial charge in [-0.25, -0.2) is 0 Å². The lowest BCUT2D eigenvalue weighted by molar-refractivity contribution is -0.274. The van der Waals surface area contributed by atoms with Crippen LogP contribution in [0.5, 0.6) is 11.5 Å². The van der Waals surface area contributed by atoms with Gasteiger partial charge in [0.05, 0.1) is 18.1 Å². The molecular weight excluding hydrogens is 425 g/mol. The van der Waals surface area contributed by atoms with Gasteiger partial charge in [0.2, 0.25) is 0 Å². The van der Waals surface area contributed by atoms with Crippen LogP contribution < -0.4 is 9.47 Å².